The minimum atomic E-state index is -1.17. The molecule has 1 aliphatic rings. The topological polar surface area (TPSA) is 72.5 Å². The Morgan fingerprint density at radius 3 is 2.61 bits per heavy atom. The number of hydrogen-bond donors (Lipinski definition) is 2. The van der Waals surface area contributed by atoms with E-state index in [2.05, 4.69) is 6.92 Å². The minimum Gasteiger partial charge on any atom is -0.480 e. The predicted octanol–water partition coefficient (Wildman–Crippen LogP) is 2.55. The van der Waals surface area contributed by atoms with Crippen LogP contribution >= 0.6 is 0 Å². The van der Waals surface area contributed by atoms with Gasteiger partial charge < -0.3 is 15.6 Å². The van der Waals surface area contributed by atoms with Gasteiger partial charge in [-0.1, -0.05) is 32.6 Å². The first-order valence-electron chi connectivity index (χ1n) is 7.14. The zero-order chi connectivity index (χ0) is 13.6. The number of nitrogens with two attached hydrogens (primary N) is 1. The van der Waals surface area contributed by atoms with Gasteiger partial charge >= 0.3 is 5.97 Å². The van der Waals surface area contributed by atoms with Crippen LogP contribution in [0.4, 0.5) is 0 Å². The first-order chi connectivity index (χ1) is 8.50. The van der Waals surface area contributed by atoms with Crippen molar-refractivity contribution >= 4 is 5.97 Å². The minimum absolute atomic E-state index is 0.0993. The summed E-state index contributed by atoms with van der Waals surface area (Å²) in [5.74, 6) is -0.828. The first-order valence-corrected chi connectivity index (χ1v) is 7.14. The number of rotatable bonds is 10. The van der Waals surface area contributed by atoms with E-state index < -0.39 is 11.5 Å². The van der Waals surface area contributed by atoms with Crippen LogP contribution in [0.3, 0.4) is 0 Å². The fraction of sp³-hybridized carbons (Fsp3) is 0.929. The molecular formula is C14H27NO3. The second-order valence-corrected chi connectivity index (χ2v) is 5.59. The van der Waals surface area contributed by atoms with Gasteiger partial charge in [-0.3, -0.25) is 4.79 Å². The summed E-state index contributed by atoms with van der Waals surface area (Å²) >= 11 is 0. The standard InChI is InChI=1S/C14H27NO3/c1-3-4-5-6-7-11(2)18-10-14(15,13(16)17)12-8-9-12/h11-12H,3-10,15H2,1-2H3,(H,16,17). The van der Waals surface area contributed by atoms with Gasteiger partial charge in [0.15, 0.2) is 0 Å². The fourth-order valence-corrected chi connectivity index (χ4v) is 2.17. The highest BCUT2D eigenvalue weighted by atomic mass is 16.5. The van der Waals surface area contributed by atoms with Crippen LogP contribution in [0.2, 0.25) is 0 Å². The van der Waals surface area contributed by atoms with Crippen LogP contribution in [-0.4, -0.2) is 29.3 Å². The van der Waals surface area contributed by atoms with E-state index >= 15 is 0 Å². The number of carbonyl (C=O) groups is 1. The average molecular weight is 257 g/mol. The van der Waals surface area contributed by atoms with Crippen molar-refractivity contribution in [3.05, 3.63) is 0 Å². The number of hydrogen-bond acceptors (Lipinski definition) is 3. The monoisotopic (exact) mass is 257 g/mol. The zero-order valence-electron chi connectivity index (χ0n) is 11.7. The third-order valence-corrected chi connectivity index (χ3v) is 3.77. The summed E-state index contributed by atoms with van der Waals surface area (Å²) in [5, 5.41) is 9.20. The second-order valence-electron chi connectivity index (χ2n) is 5.59. The molecule has 1 rings (SSSR count). The van der Waals surface area contributed by atoms with Crippen molar-refractivity contribution in [1.82, 2.24) is 0 Å². The largest absolute Gasteiger partial charge is 0.480 e. The fourth-order valence-electron chi connectivity index (χ4n) is 2.17. The van der Waals surface area contributed by atoms with E-state index in [1.54, 1.807) is 0 Å². The smallest absolute Gasteiger partial charge is 0.326 e. The molecular weight excluding hydrogens is 230 g/mol. The molecule has 2 atom stereocenters. The number of ether oxygens (including phenoxy) is 1. The quantitative estimate of drug-likeness (QED) is 0.590. The van der Waals surface area contributed by atoms with Crippen molar-refractivity contribution in [3.8, 4) is 0 Å². The molecule has 1 saturated carbocycles. The van der Waals surface area contributed by atoms with Gasteiger partial charge in [-0.25, -0.2) is 0 Å². The van der Waals surface area contributed by atoms with Crippen molar-refractivity contribution in [2.24, 2.45) is 11.7 Å². The Labute approximate surface area is 110 Å². The lowest BCUT2D eigenvalue weighted by molar-refractivity contribution is -0.148. The molecule has 0 aliphatic heterocycles. The Hall–Kier alpha value is -0.610. The maximum atomic E-state index is 11.2. The van der Waals surface area contributed by atoms with E-state index in [0.29, 0.717) is 0 Å². The summed E-state index contributed by atoms with van der Waals surface area (Å²) in [6.45, 7) is 4.33. The van der Waals surface area contributed by atoms with Crippen molar-refractivity contribution in [2.45, 2.75) is 70.4 Å². The molecule has 0 aromatic carbocycles. The summed E-state index contributed by atoms with van der Waals surface area (Å²) in [4.78, 5) is 11.2. The van der Waals surface area contributed by atoms with Crippen LogP contribution in [0.5, 0.6) is 0 Å². The Bertz CT molecular complexity index is 266. The number of carboxylic acid groups (broad SMARTS) is 1. The van der Waals surface area contributed by atoms with E-state index in [4.69, 9.17) is 10.5 Å². The summed E-state index contributed by atoms with van der Waals surface area (Å²) < 4.78 is 5.64. The third-order valence-electron chi connectivity index (χ3n) is 3.77. The predicted molar refractivity (Wildman–Crippen MR) is 71.5 cm³/mol. The Balaban J connectivity index is 2.23. The molecule has 106 valence electrons. The average Bonchev–Trinajstić information content (AvgIpc) is 3.15. The Kier molecular flexibility index (Phi) is 6.09. The molecule has 0 spiro atoms. The highest BCUT2D eigenvalue weighted by molar-refractivity contribution is 5.79. The lowest BCUT2D eigenvalue weighted by Gasteiger charge is -2.26. The molecule has 1 aliphatic carbocycles. The van der Waals surface area contributed by atoms with Crippen LogP contribution in [0.25, 0.3) is 0 Å². The number of carboxylic acids is 1. The van der Waals surface area contributed by atoms with Crippen molar-refractivity contribution in [3.63, 3.8) is 0 Å². The highest BCUT2D eigenvalue weighted by Crippen LogP contribution is 2.38. The Morgan fingerprint density at radius 2 is 2.11 bits per heavy atom. The van der Waals surface area contributed by atoms with Gasteiger partial charge in [0.25, 0.3) is 0 Å². The van der Waals surface area contributed by atoms with Crippen LogP contribution in [0.15, 0.2) is 0 Å². The van der Waals surface area contributed by atoms with Crippen LogP contribution in [0.1, 0.15) is 58.8 Å². The Morgan fingerprint density at radius 1 is 1.44 bits per heavy atom. The lowest BCUT2D eigenvalue weighted by atomic mass is 9.96. The van der Waals surface area contributed by atoms with Gasteiger partial charge in [0, 0.05) is 0 Å². The normalized spacial score (nSPS) is 20.4. The third kappa shape index (κ3) is 4.58. The maximum Gasteiger partial charge on any atom is 0.326 e. The lowest BCUT2D eigenvalue weighted by Crippen LogP contribution is -2.54. The molecule has 0 bridgehead atoms. The molecule has 0 radical (unpaired) electrons. The summed E-state index contributed by atoms with van der Waals surface area (Å²) in [6.07, 6.45) is 7.76. The highest BCUT2D eigenvalue weighted by Gasteiger charge is 2.48. The number of aliphatic carboxylic acids is 1. The van der Waals surface area contributed by atoms with E-state index in [0.717, 1.165) is 25.7 Å². The maximum absolute atomic E-state index is 11.2. The molecule has 4 nitrogen and oxygen atoms in total. The summed E-state index contributed by atoms with van der Waals surface area (Å²) in [6, 6.07) is 0. The van der Waals surface area contributed by atoms with Crippen LogP contribution < -0.4 is 5.73 Å². The van der Waals surface area contributed by atoms with Gasteiger partial charge in [-0.15, -0.1) is 0 Å². The molecule has 4 heteroatoms. The van der Waals surface area contributed by atoms with Gasteiger partial charge in [0.2, 0.25) is 0 Å². The number of unbranched alkanes of at least 4 members (excludes halogenated alkanes) is 3. The van der Waals surface area contributed by atoms with E-state index in [1.807, 2.05) is 6.92 Å². The van der Waals surface area contributed by atoms with Crippen molar-refractivity contribution in [2.75, 3.05) is 6.61 Å². The molecule has 1 fully saturated rings. The van der Waals surface area contributed by atoms with Crippen LogP contribution in [-0.2, 0) is 9.53 Å². The molecule has 2 unspecified atom stereocenters. The summed E-state index contributed by atoms with van der Waals surface area (Å²) in [7, 11) is 0. The molecule has 3 N–H and O–H groups in total. The summed E-state index contributed by atoms with van der Waals surface area (Å²) in [5.41, 5.74) is 4.78. The van der Waals surface area contributed by atoms with Gasteiger partial charge in [-0.05, 0) is 32.1 Å². The van der Waals surface area contributed by atoms with E-state index in [-0.39, 0.29) is 18.6 Å². The molecule has 0 aromatic heterocycles. The zero-order valence-corrected chi connectivity index (χ0v) is 11.7. The van der Waals surface area contributed by atoms with E-state index in [9.17, 15) is 9.90 Å². The molecule has 0 aromatic rings. The SMILES string of the molecule is CCCCCCC(C)OCC(N)(C(=O)O)C1CC1. The molecule has 0 saturated heterocycles. The van der Waals surface area contributed by atoms with Gasteiger partial charge in [0.1, 0.15) is 5.54 Å². The molecule has 0 heterocycles. The van der Waals surface area contributed by atoms with E-state index in [1.165, 1.54) is 19.3 Å². The van der Waals surface area contributed by atoms with Crippen LogP contribution in [0, 0.1) is 5.92 Å². The first kappa shape index (κ1) is 15.4. The van der Waals surface area contributed by atoms with Gasteiger partial charge in [-0.2, -0.15) is 0 Å². The second kappa shape index (κ2) is 7.10. The molecule has 18 heavy (non-hydrogen) atoms. The molecule has 0 amide bonds. The van der Waals surface area contributed by atoms with Gasteiger partial charge in [0.05, 0.1) is 12.7 Å². The van der Waals surface area contributed by atoms with Crippen molar-refractivity contribution < 1.29 is 14.6 Å². The van der Waals surface area contributed by atoms with Crippen molar-refractivity contribution in [1.29, 1.82) is 0 Å².